The Bertz CT molecular complexity index is 969. The molecule has 10 heteroatoms. The summed E-state index contributed by atoms with van der Waals surface area (Å²) in [6.07, 6.45) is 1.79. The third kappa shape index (κ3) is 4.17. The van der Waals surface area contributed by atoms with Crippen molar-refractivity contribution in [3.63, 3.8) is 0 Å². The van der Waals surface area contributed by atoms with Gasteiger partial charge in [-0.25, -0.2) is 24.0 Å². The Morgan fingerprint density at radius 3 is 2.48 bits per heavy atom. The van der Waals surface area contributed by atoms with Crippen LogP contribution < -0.4 is 17.3 Å². The largest absolute Gasteiger partial charge is 0.403 e. The molecule has 1 amide bonds. The molecular weight excluding hydrogens is 385 g/mol. The zero-order valence-corrected chi connectivity index (χ0v) is 15.8. The Morgan fingerprint density at radius 1 is 1.28 bits per heavy atom. The highest BCUT2D eigenvalue weighted by Gasteiger charge is 2.26. The Balaban J connectivity index is 2.08. The zero-order chi connectivity index (χ0) is 21.3. The van der Waals surface area contributed by atoms with Gasteiger partial charge in [0.1, 0.15) is 23.1 Å². The topological polar surface area (TPSA) is 115 Å². The van der Waals surface area contributed by atoms with Crippen LogP contribution in [0.1, 0.15) is 21.7 Å². The quantitative estimate of drug-likeness (QED) is 0.508. The molecule has 0 saturated carbocycles. The molecule has 0 radical (unpaired) electrons. The van der Waals surface area contributed by atoms with Crippen LogP contribution in [-0.2, 0) is 13.0 Å². The maximum atomic E-state index is 14.4. The van der Waals surface area contributed by atoms with Crippen LogP contribution in [0.2, 0.25) is 0 Å². The lowest BCUT2D eigenvalue weighted by molar-refractivity contribution is 0.0995. The fourth-order valence-corrected chi connectivity index (χ4v) is 3.39. The Labute approximate surface area is 165 Å². The van der Waals surface area contributed by atoms with Gasteiger partial charge in [0.2, 0.25) is 0 Å². The second kappa shape index (κ2) is 8.10. The molecule has 0 bridgehead atoms. The molecule has 1 aromatic heterocycles. The van der Waals surface area contributed by atoms with Gasteiger partial charge in [-0.3, -0.25) is 9.69 Å². The first kappa shape index (κ1) is 20.6. The minimum atomic E-state index is -1.06. The maximum absolute atomic E-state index is 14.4. The first-order valence-corrected chi connectivity index (χ1v) is 8.80. The summed E-state index contributed by atoms with van der Waals surface area (Å²) in [6.45, 7) is 1.24. The summed E-state index contributed by atoms with van der Waals surface area (Å²) in [5.74, 6) is 1.75. The summed E-state index contributed by atoms with van der Waals surface area (Å²) < 4.78 is 42.2. The van der Waals surface area contributed by atoms with Crippen LogP contribution in [-0.4, -0.2) is 40.9 Å². The molecule has 2 heterocycles. The minimum Gasteiger partial charge on any atom is -0.403 e. The lowest BCUT2D eigenvalue weighted by Gasteiger charge is -2.31. The fraction of sp³-hybridized carbons (Fsp3) is 0.263. The van der Waals surface area contributed by atoms with Crippen LogP contribution in [0.3, 0.4) is 0 Å². The van der Waals surface area contributed by atoms with E-state index in [1.165, 1.54) is 17.3 Å². The van der Waals surface area contributed by atoms with Gasteiger partial charge in [0.05, 0.1) is 17.0 Å². The van der Waals surface area contributed by atoms with Gasteiger partial charge in [-0.2, -0.15) is 0 Å². The predicted molar refractivity (Wildman–Crippen MR) is 101 cm³/mol. The first-order chi connectivity index (χ1) is 13.7. The number of rotatable bonds is 5. The van der Waals surface area contributed by atoms with Gasteiger partial charge in [0.15, 0.2) is 0 Å². The van der Waals surface area contributed by atoms with E-state index in [0.717, 1.165) is 0 Å². The van der Waals surface area contributed by atoms with Crippen molar-refractivity contribution in [3.8, 4) is 11.1 Å². The molecule has 1 aliphatic rings. The number of benzene rings is 1. The highest BCUT2D eigenvalue weighted by molar-refractivity contribution is 5.92. The lowest BCUT2D eigenvalue weighted by Crippen LogP contribution is -2.38. The molecule has 6 N–H and O–H groups in total. The van der Waals surface area contributed by atoms with Gasteiger partial charge in [-0.15, -0.1) is 0 Å². The van der Waals surface area contributed by atoms with Gasteiger partial charge in [-0.1, -0.05) is 0 Å². The molecule has 0 spiro atoms. The van der Waals surface area contributed by atoms with Crippen molar-refractivity contribution >= 4 is 5.91 Å². The van der Waals surface area contributed by atoms with Crippen LogP contribution in [0.25, 0.3) is 11.1 Å². The molecule has 7 nitrogen and oxygen atoms in total. The molecule has 0 aliphatic carbocycles. The summed E-state index contributed by atoms with van der Waals surface area (Å²) in [4.78, 5) is 18.0. The van der Waals surface area contributed by atoms with Gasteiger partial charge < -0.3 is 16.5 Å². The fourth-order valence-electron chi connectivity index (χ4n) is 3.39. The van der Waals surface area contributed by atoms with Gasteiger partial charge in [0.25, 0.3) is 5.91 Å². The summed E-state index contributed by atoms with van der Waals surface area (Å²) in [6, 6.07) is 2.44. The molecule has 0 fully saturated rings. The SMILES string of the molecule is CN(N)/C(=C\N)CN1CCc2c(-c3c(F)cc(F)cc3F)cc(C(N)=O)nc2C1. The average Bonchev–Trinajstić information content (AvgIpc) is 2.64. The highest BCUT2D eigenvalue weighted by Crippen LogP contribution is 2.34. The first-order valence-electron chi connectivity index (χ1n) is 8.80. The van der Waals surface area contributed by atoms with Gasteiger partial charge in [-0.05, 0) is 23.6 Å². The molecule has 1 aromatic carbocycles. The van der Waals surface area contributed by atoms with Crippen LogP contribution in [0, 0.1) is 17.5 Å². The number of hydrazine groups is 1. The second-order valence-electron chi connectivity index (χ2n) is 6.82. The number of primary amides is 1. The molecule has 29 heavy (non-hydrogen) atoms. The molecule has 0 saturated heterocycles. The summed E-state index contributed by atoms with van der Waals surface area (Å²) >= 11 is 0. The molecular formula is C19H21F3N6O. The van der Waals surface area contributed by atoms with E-state index in [2.05, 4.69) is 4.98 Å². The van der Waals surface area contributed by atoms with Crippen molar-refractivity contribution in [2.45, 2.75) is 13.0 Å². The molecule has 3 rings (SSSR count). The average molecular weight is 406 g/mol. The summed E-state index contributed by atoms with van der Waals surface area (Å²) in [5.41, 5.74) is 12.3. The number of carbonyl (C=O) groups is 1. The predicted octanol–water partition coefficient (Wildman–Crippen LogP) is 1.23. The molecule has 0 atom stereocenters. The number of nitrogens with two attached hydrogens (primary N) is 3. The van der Waals surface area contributed by atoms with E-state index in [9.17, 15) is 18.0 Å². The number of carbonyl (C=O) groups excluding carboxylic acids is 1. The van der Waals surface area contributed by atoms with E-state index < -0.39 is 28.9 Å². The van der Waals surface area contributed by atoms with Gasteiger partial charge in [0, 0.05) is 45.0 Å². The Hall–Kier alpha value is -3.11. The second-order valence-corrected chi connectivity index (χ2v) is 6.82. The van der Waals surface area contributed by atoms with Crippen molar-refractivity contribution in [1.82, 2.24) is 14.9 Å². The number of aromatic nitrogens is 1. The van der Waals surface area contributed by atoms with E-state index >= 15 is 0 Å². The van der Waals surface area contributed by atoms with E-state index in [4.69, 9.17) is 17.3 Å². The number of fused-ring (bicyclic) bond motifs is 1. The number of hydrogen-bond donors (Lipinski definition) is 3. The van der Waals surface area contributed by atoms with E-state index in [1.54, 1.807) is 7.05 Å². The van der Waals surface area contributed by atoms with Crippen LogP contribution in [0.4, 0.5) is 13.2 Å². The smallest absolute Gasteiger partial charge is 0.267 e. The van der Waals surface area contributed by atoms with Crippen LogP contribution in [0.15, 0.2) is 30.1 Å². The third-order valence-corrected chi connectivity index (χ3v) is 4.82. The number of hydrogen-bond acceptors (Lipinski definition) is 6. The zero-order valence-electron chi connectivity index (χ0n) is 15.8. The van der Waals surface area contributed by atoms with Crippen molar-refractivity contribution in [2.24, 2.45) is 17.3 Å². The normalized spacial score (nSPS) is 14.6. The molecule has 2 aromatic rings. The van der Waals surface area contributed by atoms with Crippen LogP contribution >= 0.6 is 0 Å². The summed E-state index contributed by atoms with van der Waals surface area (Å²) in [7, 11) is 1.65. The number of likely N-dealkylation sites (N-methyl/N-ethyl adjacent to an activating group) is 1. The Kier molecular flexibility index (Phi) is 5.76. The third-order valence-electron chi connectivity index (χ3n) is 4.82. The summed E-state index contributed by atoms with van der Waals surface area (Å²) in [5, 5.41) is 1.39. The lowest BCUT2D eigenvalue weighted by atomic mass is 9.92. The number of amides is 1. The monoisotopic (exact) mass is 406 g/mol. The standard InChI is InChI=1S/C19H21F3N6O/c1-27(25)11(7-23)8-28-3-2-12-13(6-16(19(24)29)26-17(12)9-28)18-14(21)4-10(20)5-15(18)22/h4-7H,2-3,8-9,23,25H2,1H3,(H2,24,29)/b11-7-. The number of pyridine rings is 1. The molecule has 1 aliphatic heterocycles. The van der Waals surface area contributed by atoms with Gasteiger partial charge >= 0.3 is 0 Å². The van der Waals surface area contributed by atoms with Crippen molar-refractivity contribution < 1.29 is 18.0 Å². The molecule has 154 valence electrons. The van der Waals surface area contributed by atoms with Crippen molar-refractivity contribution in [3.05, 3.63) is 64.5 Å². The molecule has 0 unspecified atom stereocenters. The van der Waals surface area contributed by atoms with Crippen LogP contribution in [0.5, 0.6) is 0 Å². The van der Waals surface area contributed by atoms with E-state index in [-0.39, 0.29) is 11.3 Å². The number of halogens is 3. The van der Waals surface area contributed by atoms with Crippen molar-refractivity contribution in [1.29, 1.82) is 0 Å². The van der Waals surface area contributed by atoms with Crippen molar-refractivity contribution in [2.75, 3.05) is 20.1 Å². The van der Waals surface area contributed by atoms with E-state index in [1.807, 2.05) is 4.90 Å². The Morgan fingerprint density at radius 2 is 1.93 bits per heavy atom. The highest BCUT2D eigenvalue weighted by atomic mass is 19.1. The minimum absolute atomic E-state index is 0.130. The number of nitrogens with zero attached hydrogens (tertiary/aromatic N) is 3. The maximum Gasteiger partial charge on any atom is 0.267 e. The van der Waals surface area contributed by atoms with E-state index in [0.29, 0.717) is 55.1 Å².